The summed E-state index contributed by atoms with van der Waals surface area (Å²) in [4.78, 5) is 0. The molecular weight excluding hydrogens is 92.1 g/mol. The first-order valence-electron chi connectivity index (χ1n) is 1.94. The van der Waals surface area contributed by atoms with Crippen LogP contribution in [0.25, 0.3) is 0 Å². The molecule has 0 spiro atoms. The van der Waals surface area contributed by atoms with Gasteiger partial charge in [-0.25, -0.2) is 0 Å². The normalized spacial score (nSPS) is 9.29. The average molecular weight is 97.1 g/mol. The highest BCUT2D eigenvalue weighted by Gasteiger charge is 1.86. The van der Waals surface area contributed by atoms with Gasteiger partial charge in [-0.3, -0.25) is 0 Å². The summed E-state index contributed by atoms with van der Waals surface area (Å²) in [7, 11) is 0. The van der Waals surface area contributed by atoms with Crippen LogP contribution in [0.3, 0.4) is 0 Å². The summed E-state index contributed by atoms with van der Waals surface area (Å²) in [6.07, 6.45) is 1.50. The summed E-state index contributed by atoms with van der Waals surface area (Å²) >= 11 is 0. The van der Waals surface area contributed by atoms with Gasteiger partial charge in [0.05, 0.1) is 6.26 Å². The highest BCUT2D eigenvalue weighted by Crippen LogP contribution is 1.98. The van der Waals surface area contributed by atoms with E-state index in [0.29, 0.717) is 5.76 Å². The molecule has 1 N–H and O–H groups in total. The SMILES string of the molecule is O[CH]c1ccco1. The van der Waals surface area contributed by atoms with E-state index in [1.165, 1.54) is 6.26 Å². The van der Waals surface area contributed by atoms with Gasteiger partial charge in [0.2, 0.25) is 0 Å². The van der Waals surface area contributed by atoms with Gasteiger partial charge in [0.25, 0.3) is 0 Å². The summed E-state index contributed by atoms with van der Waals surface area (Å²) in [6, 6.07) is 3.38. The van der Waals surface area contributed by atoms with E-state index in [-0.39, 0.29) is 0 Å². The van der Waals surface area contributed by atoms with Gasteiger partial charge in [0.15, 0.2) is 0 Å². The second kappa shape index (κ2) is 1.80. The van der Waals surface area contributed by atoms with Crippen molar-refractivity contribution in [2.24, 2.45) is 0 Å². The van der Waals surface area contributed by atoms with Crippen LogP contribution in [0.1, 0.15) is 5.76 Å². The molecule has 1 heterocycles. The molecule has 2 heteroatoms. The van der Waals surface area contributed by atoms with Crippen LogP contribution in [0.2, 0.25) is 0 Å². The molecule has 1 aromatic rings. The third-order valence-corrected chi connectivity index (χ3v) is 0.670. The highest BCUT2D eigenvalue weighted by molar-refractivity contribution is 5.03. The summed E-state index contributed by atoms with van der Waals surface area (Å²) in [5.41, 5.74) is 0. The van der Waals surface area contributed by atoms with E-state index < -0.39 is 0 Å². The molecule has 2 nitrogen and oxygen atoms in total. The van der Waals surface area contributed by atoms with E-state index in [1.54, 1.807) is 12.1 Å². The Morgan fingerprint density at radius 2 is 2.57 bits per heavy atom. The zero-order chi connectivity index (χ0) is 5.11. The number of furan rings is 1. The molecule has 0 saturated carbocycles. The van der Waals surface area contributed by atoms with Crippen molar-refractivity contribution in [1.29, 1.82) is 0 Å². The van der Waals surface area contributed by atoms with Crippen LogP contribution in [0.5, 0.6) is 0 Å². The van der Waals surface area contributed by atoms with Crippen molar-refractivity contribution in [2.75, 3.05) is 0 Å². The topological polar surface area (TPSA) is 33.4 Å². The van der Waals surface area contributed by atoms with Crippen LogP contribution in [-0.4, -0.2) is 5.11 Å². The molecular formula is C5H5O2. The molecule has 1 aromatic heterocycles. The largest absolute Gasteiger partial charge is 0.466 e. The van der Waals surface area contributed by atoms with Crippen LogP contribution < -0.4 is 0 Å². The van der Waals surface area contributed by atoms with Gasteiger partial charge in [-0.2, -0.15) is 0 Å². The number of aliphatic hydroxyl groups is 1. The molecule has 0 aliphatic carbocycles. The Kier molecular flexibility index (Phi) is 1.13. The third kappa shape index (κ3) is 0.810. The van der Waals surface area contributed by atoms with Gasteiger partial charge in [0.1, 0.15) is 12.4 Å². The smallest absolute Gasteiger partial charge is 0.145 e. The quantitative estimate of drug-likeness (QED) is 0.570. The first-order valence-corrected chi connectivity index (χ1v) is 1.94. The van der Waals surface area contributed by atoms with Crippen molar-refractivity contribution in [2.45, 2.75) is 0 Å². The lowest BCUT2D eigenvalue weighted by atomic mass is 10.5. The van der Waals surface area contributed by atoms with Gasteiger partial charge in [0, 0.05) is 0 Å². The minimum Gasteiger partial charge on any atom is -0.466 e. The Balaban J connectivity index is 2.76. The lowest BCUT2D eigenvalue weighted by Gasteiger charge is -1.78. The number of rotatable bonds is 1. The van der Waals surface area contributed by atoms with Crippen LogP contribution in [0, 0.1) is 6.61 Å². The fourth-order valence-electron chi connectivity index (χ4n) is 0.365. The zero-order valence-electron chi connectivity index (χ0n) is 3.66. The van der Waals surface area contributed by atoms with Crippen molar-refractivity contribution in [3.8, 4) is 0 Å². The average Bonchev–Trinajstić information content (AvgIpc) is 2.14. The summed E-state index contributed by atoms with van der Waals surface area (Å²) < 4.78 is 4.68. The first kappa shape index (κ1) is 4.40. The second-order valence-corrected chi connectivity index (χ2v) is 1.14. The van der Waals surface area contributed by atoms with Crippen LogP contribution >= 0.6 is 0 Å². The molecule has 0 bridgehead atoms. The van der Waals surface area contributed by atoms with Crippen LogP contribution in [0.15, 0.2) is 22.8 Å². The maximum atomic E-state index is 8.21. The van der Waals surface area contributed by atoms with Crippen molar-refractivity contribution in [3.05, 3.63) is 30.8 Å². The van der Waals surface area contributed by atoms with E-state index in [2.05, 4.69) is 4.42 Å². The Morgan fingerprint density at radius 1 is 1.71 bits per heavy atom. The second-order valence-electron chi connectivity index (χ2n) is 1.14. The van der Waals surface area contributed by atoms with Crippen molar-refractivity contribution < 1.29 is 9.52 Å². The molecule has 0 amide bonds. The molecule has 0 saturated heterocycles. The lowest BCUT2D eigenvalue weighted by molar-refractivity contribution is 0.372. The highest BCUT2D eigenvalue weighted by atomic mass is 16.4. The predicted molar refractivity (Wildman–Crippen MR) is 24.0 cm³/mol. The fraction of sp³-hybridized carbons (Fsp3) is 0. The lowest BCUT2D eigenvalue weighted by Crippen LogP contribution is -1.67. The minimum atomic E-state index is 0.486. The maximum absolute atomic E-state index is 8.21. The zero-order valence-corrected chi connectivity index (χ0v) is 3.66. The van der Waals surface area contributed by atoms with Crippen molar-refractivity contribution in [1.82, 2.24) is 0 Å². The van der Waals surface area contributed by atoms with E-state index in [9.17, 15) is 0 Å². The predicted octanol–water partition coefficient (Wildman–Crippen LogP) is 1.16. The number of hydrogen-bond acceptors (Lipinski definition) is 2. The van der Waals surface area contributed by atoms with Gasteiger partial charge in [-0.15, -0.1) is 0 Å². The third-order valence-electron chi connectivity index (χ3n) is 0.670. The first-order chi connectivity index (χ1) is 3.43. The molecule has 1 rings (SSSR count). The van der Waals surface area contributed by atoms with Gasteiger partial charge in [-0.1, -0.05) is 0 Å². The standard InChI is InChI=1S/C5H5O2/c6-4-5-2-1-3-7-5/h1-4,6H. The Hall–Kier alpha value is -0.760. The summed E-state index contributed by atoms with van der Waals surface area (Å²) in [5.74, 6) is 0.486. The fourth-order valence-corrected chi connectivity index (χ4v) is 0.365. The Bertz CT molecular complexity index is 121. The molecule has 0 aliphatic heterocycles. The van der Waals surface area contributed by atoms with Crippen molar-refractivity contribution >= 4 is 0 Å². The van der Waals surface area contributed by atoms with E-state index in [0.717, 1.165) is 6.61 Å². The van der Waals surface area contributed by atoms with Gasteiger partial charge >= 0.3 is 0 Å². The van der Waals surface area contributed by atoms with Gasteiger partial charge < -0.3 is 9.52 Å². The molecule has 0 unspecified atom stereocenters. The van der Waals surface area contributed by atoms with Crippen molar-refractivity contribution in [3.63, 3.8) is 0 Å². The maximum Gasteiger partial charge on any atom is 0.145 e. The van der Waals surface area contributed by atoms with E-state index >= 15 is 0 Å². The molecule has 0 atom stereocenters. The summed E-state index contributed by atoms with van der Waals surface area (Å²) in [6.45, 7) is 0.917. The number of aliphatic hydroxyl groups excluding tert-OH is 1. The molecule has 37 valence electrons. The monoisotopic (exact) mass is 97.0 g/mol. The van der Waals surface area contributed by atoms with E-state index in [1.807, 2.05) is 0 Å². The van der Waals surface area contributed by atoms with Crippen LogP contribution in [0.4, 0.5) is 0 Å². The molecule has 0 fully saturated rings. The van der Waals surface area contributed by atoms with Crippen LogP contribution in [-0.2, 0) is 0 Å². The van der Waals surface area contributed by atoms with Gasteiger partial charge in [-0.05, 0) is 12.1 Å². The summed E-state index contributed by atoms with van der Waals surface area (Å²) in [5, 5.41) is 8.21. The Morgan fingerprint density at radius 3 is 2.86 bits per heavy atom. The molecule has 0 aromatic carbocycles. The van der Waals surface area contributed by atoms with E-state index in [4.69, 9.17) is 5.11 Å². The minimum absolute atomic E-state index is 0.486. The number of hydrogen-bond donors (Lipinski definition) is 1. The molecule has 0 aliphatic rings. The molecule has 7 heavy (non-hydrogen) atoms. The molecule has 1 radical (unpaired) electrons. The Labute approximate surface area is 41.4 Å².